The molecule has 0 spiro atoms. The van der Waals surface area contributed by atoms with Gasteiger partial charge in [-0.15, -0.1) is 0 Å². The number of nitrogens with zero attached hydrogens (tertiary/aromatic N) is 1. The van der Waals surface area contributed by atoms with Crippen LogP contribution in [0.5, 0.6) is 0 Å². The minimum atomic E-state index is 0.459. The second-order valence-electron chi connectivity index (χ2n) is 3.78. The van der Waals surface area contributed by atoms with Crippen LogP contribution in [0.4, 0.5) is 0 Å². The van der Waals surface area contributed by atoms with Crippen molar-refractivity contribution in [2.24, 2.45) is 0 Å². The normalized spacial score (nSPS) is 10.7. The standard InChI is InChI=1S/C13H15ClN2O/c1-2-12-15-11(13(14)16-12)9-17-8-10-6-4-3-5-7-10/h3-7H,2,8-9H2,1H3,(H,15,16). The lowest BCUT2D eigenvalue weighted by Crippen LogP contribution is -1.95. The number of rotatable bonds is 5. The van der Waals surface area contributed by atoms with Crippen LogP contribution in [0.15, 0.2) is 30.3 Å². The minimum Gasteiger partial charge on any atom is -0.370 e. The second-order valence-corrected chi connectivity index (χ2v) is 4.14. The Kier molecular flexibility index (Phi) is 4.18. The van der Waals surface area contributed by atoms with Crippen molar-refractivity contribution < 1.29 is 4.74 Å². The highest BCUT2D eigenvalue weighted by atomic mass is 35.5. The molecule has 1 heterocycles. The molecule has 0 bridgehead atoms. The quantitative estimate of drug-likeness (QED) is 0.884. The molecule has 0 aliphatic heterocycles. The molecule has 0 unspecified atom stereocenters. The zero-order valence-corrected chi connectivity index (χ0v) is 10.5. The van der Waals surface area contributed by atoms with Crippen LogP contribution in [0.2, 0.25) is 5.15 Å². The van der Waals surface area contributed by atoms with E-state index in [1.165, 1.54) is 0 Å². The summed E-state index contributed by atoms with van der Waals surface area (Å²) in [6.45, 7) is 3.07. The molecule has 90 valence electrons. The van der Waals surface area contributed by atoms with Gasteiger partial charge in [-0.1, -0.05) is 48.9 Å². The molecule has 0 saturated carbocycles. The van der Waals surface area contributed by atoms with Gasteiger partial charge in [-0.25, -0.2) is 4.98 Å². The van der Waals surface area contributed by atoms with Crippen LogP contribution in [-0.2, 0) is 24.4 Å². The van der Waals surface area contributed by atoms with Crippen LogP contribution < -0.4 is 0 Å². The van der Waals surface area contributed by atoms with E-state index in [4.69, 9.17) is 16.3 Å². The number of hydrogen-bond donors (Lipinski definition) is 1. The van der Waals surface area contributed by atoms with Gasteiger partial charge in [-0.3, -0.25) is 0 Å². The first-order valence-electron chi connectivity index (χ1n) is 5.64. The Morgan fingerprint density at radius 2 is 2.00 bits per heavy atom. The predicted octanol–water partition coefficient (Wildman–Crippen LogP) is 3.34. The fourth-order valence-corrected chi connectivity index (χ4v) is 1.75. The van der Waals surface area contributed by atoms with E-state index in [0.29, 0.717) is 18.4 Å². The number of H-pyrrole nitrogens is 1. The molecular formula is C13H15ClN2O. The van der Waals surface area contributed by atoms with E-state index in [-0.39, 0.29) is 0 Å². The Balaban J connectivity index is 1.88. The molecular weight excluding hydrogens is 236 g/mol. The number of halogens is 1. The average molecular weight is 251 g/mol. The molecule has 3 nitrogen and oxygen atoms in total. The molecule has 1 N–H and O–H groups in total. The molecule has 0 radical (unpaired) electrons. The highest BCUT2D eigenvalue weighted by molar-refractivity contribution is 6.30. The molecule has 0 aliphatic carbocycles. The highest BCUT2D eigenvalue weighted by Gasteiger charge is 2.06. The van der Waals surface area contributed by atoms with Crippen molar-refractivity contribution in [3.05, 3.63) is 52.6 Å². The van der Waals surface area contributed by atoms with Gasteiger partial charge < -0.3 is 9.72 Å². The van der Waals surface area contributed by atoms with Crippen LogP contribution in [0.25, 0.3) is 0 Å². The van der Waals surface area contributed by atoms with Crippen LogP contribution in [0.3, 0.4) is 0 Å². The summed E-state index contributed by atoms with van der Waals surface area (Å²) in [6.07, 6.45) is 0.846. The third-order valence-corrected chi connectivity index (χ3v) is 2.78. The van der Waals surface area contributed by atoms with Gasteiger partial charge in [0.2, 0.25) is 0 Å². The first-order chi connectivity index (χ1) is 8.29. The molecule has 0 saturated heterocycles. The largest absolute Gasteiger partial charge is 0.370 e. The van der Waals surface area contributed by atoms with E-state index in [1.54, 1.807) is 0 Å². The molecule has 1 aromatic carbocycles. The molecule has 2 aromatic rings. The van der Waals surface area contributed by atoms with Gasteiger partial charge >= 0.3 is 0 Å². The van der Waals surface area contributed by atoms with E-state index >= 15 is 0 Å². The molecule has 1 aromatic heterocycles. The summed E-state index contributed by atoms with van der Waals surface area (Å²) in [5.74, 6) is 0.897. The van der Waals surface area contributed by atoms with Crippen LogP contribution in [0.1, 0.15) is 24.0 Å². The summed E-state index contributed by atoms with van der Waals surface area (Å²) < 4.78 is 5.59. The summed E-state index contributed by atoms with van der Waals surface area (Å²) >= 11 is 5.98. The molecule has 2 rings (SSSR count). The number of imidazole rings is 1. The summed E-state index contributed by atoms with van der Waals surface area (Å²) in [6, 6.07) is 10.1. The monoisotopic (exact) mass is 250 g/mol. The van der Waals surface area contributed by atoms with Gasteiger partial charge in [-0.05, 0) is 5.56 Å². The fraction of sp³-hybridized carbons (Fsp3) is 0.308. The first kappa shape index (κ1) is 12.1. The SMILES string of the molecule is CCc1nc(Cl)c(COCc2ccccc2)[nH]1. The molecule has 4 heteroatoms. The number of aromatic amines is 1. The number of nitrogens with one attached hydrogen (secondary N) is 1. The van der Waals surface area contributed by atoms with Gasteiger partial charge in [-0.2, -0.15) is 0 Å². The molecule has 0 atom stereocenters. The summed E-state index contributed by atoms with van der Waals surface area (Å²) in [4.78, 5) is 7.33. The zero-order chi connectivity index (χ0) is 12.1. The fourth-order valence-electron chi connectivity index (χ4n) is 1.55. The highest BCUT2D eigenvalue weighted by Crippen LogP contribution is 2.14. The summed E-state index contributed by atoms with van der Waals surface area (Å²) in [7, 11) is 0. The van der Waals surface area contributed by atoms with E-state index < -0.39 is 0 Å². The van der Waals surface area contributed by atoms with Crippen molar-refractivity contribution in [2.75, 3.05) is 0 Å². The van der Waals surface area contributed by atoms with Gasteiger partial charge in [0.1, 0.15) is 5.82 Å². The van der Waals surface area contributed by atoms with Crippen molar-refractivity contribution in [1.82, 2.24) is 9.97 Å². The van der Waals surface area contributed by atoms with Crippen molar-refractivity contribution in [1.29, 1.82) is 0 Å². The maximum Gasteiger partial charge on any atom is 0.152 e. The summed E-state index contributed by atoms with van der Waals surface area (Å²) in [5.41, 5.74) is 2.00. The molecule has 0 aliphatic rings. The smallest absolute Gasteiger partial charge is 0.152 e. The third kappa shape index (κ3) is 3.32. The Hall–Kier alpha value is -1.32. The number of aromatic nitrogens is 2. The Morgan fingerprint density at radius 1 is 1.24 bits per heavy atom. The van der Waals surface area contributed by atoms with Crippen LogP contribution in [0, 0.1) is 0 Å². The topological polar surface area (TPSA) is 37.9 Å². The van der Waals surface area contributed by atoms with Crippen LogP contribution >= 0.6 is 11.6 Å². The third-order valence-electron chi connectivity index (χ3n) is 2.47. The van der Waals surface area contributed by atoms with Crippen molar-refractivity contribution >= 4 is 11.6 Å². The van der Waals surface area contributed by atoms with Crippen molar-refractivity contribution in [3.63, 3.8) is 0 Å². The van der Waals surface area contributed by atoms with Gasteiger partial charge in [0.15, 0.2) is 5.15 Å². The number of hydrogen-bond acceptors (Lipinski definition) is 2. The Morgan fingerprint density at radius 3 is 2.65 bits per heavy atom. The molecule has 0 amide bonds. The average Bonchev–Trinajstić information content (AvgIpc) is 2.72. The maximum atomic E-state index is 5.98. The van der Waals surface area contributed by atoms with E-state index in [2.05, 4.69) is 9.97 Å². The van der Waals surface area contributed by atoms with Crippen LogP contribution in [-0.4, -0.2) is 9.97 Å². The van der Waals surface area contributed by atoms with E-state index in [9.17, 15) is 0 Å². The minimum absolute atomic E-state index is 0.459. The lowest BCUT2D eigenvalue weighted by Gasteiger charge is -2.02. The molecule has 0 fully saturated rings. The lowest BCUT2D eigenvalue weighted by atomic mass is 10.2. The Labute approximate surface area is 106 Å². The Bertz CT molecular complexity index is 468. The predicted molar refractivity (Wildman–Crippen MR) is 67.9 cm³/mol. The number of benzene rings is 1. The van der Waals surface area contributed by atoms with Gasteiger partial charge in [0, 0.05) is 6.42 Å². The number of ether oxygens (including phenoxy) is 1. The summed E-state index contributed by atoms with van der Waals surface area (Å²) in [5, 5.41) is 0.509. The van der Waals surface area contributed by atoms with Crippen molar-refractivity contribution in [2.45, 2.75) is 26.6 Å². The van der Waals surface area contributed by atoms with E-state index in [0.717, 1.165) is 23.5 Å². The zero-order valence-electron chi connectivity index (χ0n) is 9.74. The van der Waals surface area contributed by atoms with Crippen molar-refractivity contribution in [3.8, 4) is 0 Å². The lowest BCUT2D eigenvalue weighted by molar-refractivity contribution is 0.105. The maximum absolute atomic E-state index is 5.98. The first-order valence-corrected chi connectivity index (χ1v) is 6.02. The van der Waals surface area contributed by atoms with E-state index in [1.807, 2.05) is 37.3 Å². The number of aryl methyl sites for hydroxylation is 1. The van der Waals surface area contributed by atoms with Gasteiger partial charge in [0.05, 0.1) is 18.9 Å². The molecule has 17 heavy (non-hydrogen) atoms. The second kappa shape index (κ2) is 5.84. The van der Waals surface area contributed by atoms with Gasteiger partial charge in [0.25, 0.3) is 0 Å².